The highest BCUT2D eigenvalue weighted by Gasteiger charge is 2.60. The van der Waals surface area contributed by atoms with Crippen LogP contribution in [0.2, 0.25) is 0 Å². The normalized spacial score (nSPS) is 53.6. The standard InChI is InChI=1S/C20H32N2O2/c1-19-7-6-12(23)8-11(19)4-5-13-14-9-16(24)18(21)20(14,2)10-15(22-3)17(13)19/h4-5,12,14-18,22-24H,6-10,21H2,1-3H3/t12-,14-,15+,16+,17+,18-,19-,20-/m0/s1. The SMILES string of the molecule is CN[C@@H]1C[C@@]2(C)[C@@H](C[C@@H](O)[C@@H]2N)C2=CC=C3C[C@@H](O)CC[C@]3(C)[C@H]21. The van der Waals surface area contributed by atoms with E-state index in [-0.39, 0.29) is 23.0 Å². The van der Waals surface area contributed by atoms with Crippen LogP contribution in [-0.2, 0) is 0 Å². The Balaban J connectivity index is 1.80. The van der Waals surface area contributed by atoms with Gasteiger partial charge in [-0.2, -0.15) is 0 Å². The highest BCUT2D eigenvalue weighted by molar-refractivity contribution is 5.41. The first kappa shape index (κ1) is 16.8. The fourth-order valence-electron chi connectivity index (χ4n) is 6.49. The van der Waals surface area contributed by atoms with E-state index in [4.69, 9.17) is 5.73 Å². The summed E-state index contributed by atoms with van der Waals surface area (Å²) in [6, 6.07) is 0.226. The summed E-state index contributed by atoms with van der Waals surface area (Å²) in [5.74, 6) is 0.823. The second kappa shape index (κ2) is 5.41. The molecule has 0 amide bonds. The van der Waals surface area contributed by atoms with Crippen LogP contribution in [0.5, 0.6) is 0 Å². The molecule has 4 aliphatic carbocycles. The summed E-state index contributed by atoms with van der Waals surface area (Å²) >= 11 is 0. The summed E-state index contributed by atoms with van der Waals surface area (Å²) in [5, 5.41) is 24.1. The molecule has 0 aromatic carbocycles. The summed E-state index contributed by atoms with van der Waals surface area (Å²) < 4.78 is 0. The van der Waals surface area contributed by atoms with Crippen LogP contribution in [0.15, 0.2) is 23.3 Å². The van der Waals surface area contributed by atoms with Crippen LogP contribution in [0.25, 0.3) is 0 Å². The van der Waals surface area contributed by atoms with E-state index in [2.05, 4.69) is 38.4 Å². The van der Waals surface area contributed by atoms with Crippen LogP contribution in [-0.4, -0.2) is 41.6 Å². The number of aliphatic hydroxyl groups is 2. The fraction of sp³-hybridized carbons (Fsp3) is 0.800. The summed E-state index contributed by atoms with van der Waals surface area (Å²) in [4.78, 5) is 0. The van der Waals surface area contributed by atoms with Crippen LogP contribution >= 0.6 is 0 Å². The van der Waals surface area contributed by atoms with Gasteiger partial charge in [0.25, 0.3) is 0 Å². The maximum Gasteiger partial charge on any atom is 0.0702 e. The first-order valence-electron chi connectivity index (χ1n) is 9.51. The van der Waals surface area contributed by atoms with Gasteiger partial charge in [-0.15, -0.1) is 0 Å². The molecule has 4 aliphatic rings. The Morgan fingerprint density at radius 1 is 1.25 bits per heavy atom. The molecule has 0 aromatic heterocycles. The van der Waals surface area contributed by atoms with Crippen LogP contribution in [0.1, 0.15) is 46.0 Å². The zero-order valence-electron chi connectivity index (χ0n) is 15.1. The maximum atomic E-state index is 10.5. The average Bonchev–Trinajstić information content (AvgIpc) is 2.78. The number of hydrogen-bond acceptors (Lipinski definition) is 4. The molecule has 0 radical (unpaired) electrons. The predicted molar refractivity (Wildman–Crippen MR) is 95.3 cm³/mol. The lowest BCUT2D eigenvalue weighted by atomic mass is 9.49. The van der Waals surface area contributed by atoms with Gasteiger partial charge in [0, 0.05) is 18.0 Å². The molecule has 5 N–H and O–H groups in total. The van der Waals surface area contributed by atoms with Gasteiger partial charge in [-0.25, -0.2) is 0 Å². The van der Waals surface area contributed by atoms with Gasteiger partial charge in [0.15, 0.2) is 0 Å². The molecule has 3 fully saturated rings. The molecule has 0 bridgehead atoms. The van der Waals surface area contributed by atoms with E-state index in [1.165, 1.54) is 11.1 Å². The lowest BCUT2D eigenvalue weighted by Gasteiger charge is -2.57. The zero-order valence-corrected chi connectivity index (χ0v) is 15.1. The van der Waals surface area contributed by atoms with E-state index in [1.54, 1.807) is 0 Å². The van der Waals surface area contributed by atoms with E-state index in [9.17, 15) is 10.2 Å². The summed E-state index contributed by atoms with van der Waals surface area (Å²) in [5.41, 5.74) is 9.41. The molecule has 3 saturated carbocycles. The average molecular weight is 332 g/mol. The summed E-state index contributed by atoms with van der Waals surface area (Å²) in [7, 11) is 2.06. The van der Waals surface area contributed by atoms with Crippen LogP contribution in [0.4, 0.5) is 0 Å². The second-order valence-electron chi connectivity index (χ2n) is 9.14. The highest BCUT2D eigenvalue weighted by atomic mass is 16.3. The number of allylic oxidation sites excluding steroid dienone is 2. The molecule has 0 saturated heterocycles. The molecule has 0 aliphatic heterocycles. The number of hydrogen-bond donors (Lipinski definition) is 4. The van der Waals surface area contributed by atoms with Gasteiger partial charge in [0.1, 0.15) is 0 Å². The molecular weight excluding hydrogens is 300 g/mol. The monoisotopic (exact) mass is 332 g/mol. The molecular formula is C20H32N2O2. The van der Waals surface area contributed by atoms with Crippen LogP contribution in [0, 0.1) is 22.7 Å². The van der Waals surface area contributed by atoms with Gasteiger partial charge in [-0.3, -0.25) is 0 Å². The van der Waals surface area contributed by atoms with Crippen molar-refractivity contribution in [2.75, 3.05) is 7.05 Å². The minimum absolute atomic E-state index is 0.0364. The maximum absolute atomic E-state index is 10.5. The third-order valence-electron chi connectivity index (χ3n) is 7.99. The van der Waals surface area contributed by atoms with Gasteiger partial charge in [-0.05, 0) is 55.9 Å². The second-order valence-corrected chi connectivity index (χ2v) is 9.14. The number of rotatable bonds is 1. The third kappa shape index (κ3) is 2.06. The molecule has 0 heterocycles. The van der Waals surface area contributed by atoms with Gasteiger partial charge in [-0.1, -0.05) is 37.1 Å². The van der Waals surface area contributed by atoms with E-state index in [0.29, 0.717) is 17.9 Å². The molecule has 4 rings (SSSR count). The molecule has 0 spiro atoms. The van der Waals surface area contributed by atoms with Crippen LogP contribution in [0.3, 0.4) is 0 Å². The van der Waals surface area contributed by atoms with Crippen molar-refractivity contribution in [3.63, 3.8) is 0 Å². The third-order valence-corrected chi connectivity index (χ3v) is 7.99. The molecule has 4 nitrogen and oxygen atoms in total. The summed E-state index contributed by atoms with van der Waals surface area (Å²) in [6.07, 6.45) is 8.51. The van der Waals surface area contributed by atoms with Crippen molar-refractivity contribution in [2.24, 2.45) is 28.4 Å². The Bertz CT molecular complexity index is 600. The Morgan fingerprint density at radius 2 is 2.00 bits per heavy atom. The first-order valence-corrected chi connectivity index (χ1v) is 9.51. The quantitative estimate of drug-likeness (QED) is 0.590. The smallest absolute Gasteiger partial charge is 0.0702 e. The van der Waals surface area contributed by atoms with Gasteiger partial charge in [0.05, 0.1) is 12.2 Å². The zero-order chi connectivity index (χ0) is 17.3. The molecule has 8 atom stereocenters. The molecule has 4 heteroatoms. The van der Waals surface area contributed by atoms with Crippen molar-refractivity contribution in [3.8, 4) is 0 Å². The first-order chi connectivity index (χ1) is 11.3. The predicted octanol–water partition coefficient (Wildman–Crippen LogP) is 1.73. The van der Waals surface area contributed by atoms with E-state index >= 15 is 0 Å². The van der Waals surface area contributed by atoms with E-state index in [1.807, 2.05) is 0 Å². The minimum atomic E-state index is -0.400. The van der Waals surface area contributed by atoms with Gasteiger partial charge in [0.2, 0.25) is 0 Å². The van der Waals surface area contributed by atoms with Crippen molar-refractivity contribution in [2.45, 2.75) is 70.2 Å². The van der Waals surface area contributed by atoms with Crippen LogP contribution < -0.4 is 11.1 Å². The molecule has 0 aromatic rings. The number of nitrogens with one attached hydrogen (secondary N) is 1. The van der Waals surface area contributed by atoms with Crippen molar-refractivity contribution < 1.29 is 10.2 Å². The van der Waals surface area contributed by atoms with Gasteiger partial charge >= 0.3 is 0 Å². The largest absolute Gasteiger partial charge is 0.393 e. The Morgan fingerprint density at radius 3 is 2.71 bits per heavy atom. The van der Waals surface area contributed by atoms with E-state index in [0.717, 1.165) is 32.1 Å². The Kier molecular flexibility index (Phi) is 3.78. The van der Waals surface area contributed by atoms with Gasteiger partial charge < -0.3 is 21.3 Å². The topological polar surface area (TPSA) is 78.5 Å². The van der Waals surface area contributed by atoms with E-state index < -0.39 is 6.10 Å². The number of aliphatic hydroxyl groups excluding tert-OH is 2. The van der Waals surface area contributed by atoms with Crippen molar-refractivity contribution in [3.05, 3.63) is 23.3 Å². The minimum Gasteiger partial charge on any atom is -0.393 e. The summed E-state index contributed by atoms with van der Waals surface area (Å²) in [6.45, 7) is 4.66. The Labute approximate surface area is 145 Å². The fourth-order valence-corrected chi connectivity index (χ4v) is 6.49. The molecule has 0 unspecified atom stereocenters. The lowest BCUT2D eigenvalue weighted by molar-refractivity contribution is 0.0322. The lowest BCUT2D eigenvalue weighted by Crippen LogP contribution is -2.58. The molecule has 134 valence electrons. The molecule has 24 heavy (non-hydrogen) atoms. The van der Waals surface area contributed by atoms with Crippen molar-refractivity contribution in [1.29, 1.82) is 0 Å². The Hall–Kier alpha value is -0.680. The number of fused-ring (bicyclic) bond motifs is 5. The van der Waals surface area contributed by atoms with Crippen molar-refractivity contribution in [1.82, 2.24) is 5.32 Å². The van der Waals surface area contributed by atoms with Crippen molar-refractivity contribution >= 4 is 0 Å². The number of nitrogens with two attached hydrogens (primary N) is 1. The highest BCUT2D eigenvalue weighted by Crippen LogP contribution is 2.62.